The van der Waals surface area contributed by atoms with Gasteiger partial charge in [0.15, 0.2) is 0 Å². The van der Waals surface area contributed by atoms with E-state index in [4.69, 9.17) is 10.5 Å². The molecule has 0 aliphatic carbocycles. The predicted molar refractivity (Wildman–Crippen MR) is 69.7 cm³/mol. The van der Waals surface area contributed by atoms with Gasteiger partial charge in [-0.1, -0.05) is 12.1 Å². The summed E-state index contributed by atoms with van der Waals surface area (Å²) < 4.78 is 5.86. The lowest BCUT2D eigenvalue weighted by Crippen LogP contribution is -2.40. The van der Waals surface area contributed by atoms with Gasteiger partial charge in [-0.25, -0.2) is 0 Å². The zero-order valence-corrected chi connectivity index (χ0v) is 10.2. The van der Waals surface area contributed by atoms with E-state index in [1.165, 1.54) is 11.3 Å². The third-order valence-electron chi connectivity index (χ3n) is 3.79. The van der Waals surface area contributed by atoms with Crippen molar-refractivity contribution in [2.75, 3.05) is 24.6 Å². The minimum absolute atomic E-state index is 0.381. The van der Waals surface area contributed by atoms with Crippen molar-refractivity contribution in [3.05, 3.63) is 23.8 Å². The maximum Gasteiger partial charge on any atom is 0.145 e. The SMILES string of the molecule is NC1CCN(c2cccc3c2OCCC3)CC1. The van der Waals surface area contributed by atoms with E-state index in [2.05, 4.69) is 23.1 Å². The highest BCUT2D eigenvalue weighted by atomic mass is 16.5. The molecule has 2 heterocycles. The summed E-state index contributed by atoms with van der Waals surface area (Å²) in [6.07, 6.45) is 4.46. The number of para-hydroxylation sites is 1. The quantitative estimate of drug-likeness (QED) is 0.804. The number of hydrogen-bond donors (Lipinski definition) is 1. The van der Waals surface area contributed by atoms with Crippen LogP contribution >= 0.6 is 0 Å². The number of piperidine rings is 1. The van der Waals surface area contributed by atoms with Crippen LogP contribution in [-0.2, 0) is 6.42 Å². The summed E-state index contributed by atoms with van der Waals surface area (Å²) in [5.74, 6) is 1.12. The number of nitrogens with two attached hydrogens (primary N) is 1. The molecule has 0 saturated carbocycles. The second-order valence-electron chi connectivity index (χ2n) is 5.04. The molecule has 2 aliphatic rings. The number of fused-ring (bicyclic) bond motifs is 1. The molecule has 0 atom stereocenters. The summed E-state index contributed by atoms with van der Waals surface area (Å²) >= 11 is 0. The normalized spacial score (nSPS) is 20.9. The summed E-state index contributed by atoms with van der Waals surface area (Å²) in [7, 11) is 0. The van der Waals surface area contributed by atoms with E-state index < -0.39 is 0 Å². The van der Waals surface area contributed by atoms with Gasteiger partial charge in [0.2, 0.25) is 0 Å². The van der Waals surface area contributed by atoms with E-state index in [-0.39, 0.29) is 0 Å². The van der Waals surface area contributed by atoms with Crippen LogP contribution < -0.4 is 15.4 Å². The number of nitrogens with zero attached hydrogens (tertiary/aromatic N) is 1. The molecule has 2 aliphatic heterocycles. The maximum atomic E-state index is 5.95. The summed E-state index contributed by atoms with van der Waals surface area (Å²) in [5, 5.41) is 0. The van der Waals surface area contributed by atoms with Crippen LogP contribution in [0.3, 0.4) is 0 Å². The highest BCUT2D eigenvalue weighted by Gasteiger charge is 2.22. The minimum atomic E-state index is 0.381. The monoisotopic (exact) mass is 232 g/mol. The van der Waals surface area contributed by atoms with Crippen molar-refractivity contribution in [3.63, 3.8) is 0 Å². The van der Waals surface area contributed by atoms with E-state index in [9.17, 15) is 0 Å². The maximum absolute atomic E-state index is 5.95. The van der Waals surface area contributed by atoms with Crippen molar-refractivity contribution in [1.82, 2.24) is 0 Å². The topological polar surface area (TPSA) is 38.5 Å². The molecule has 0 radical (unpaired) electrons. The molecule has 0 aromatic heterocycles. The molecule has 17 heavy (non-hydrogen) atoms. The first-order chi connectivity index (χ1) is 8.34. The van der Waals surface area contributed by atoms with Crippen LogP contribution in [0.2, 0.25) is 0 Å². The fourth-order valence-electron chi connectivity index (χ4n) is 2.76. The van der Waals surface area contributed by atoms with Crippen LogP contribution in [0.25, 0.3) is 0 Å². The first kappa shape index (κ1) is 10.9. The number of benzene rings is 1. The van der Waals surface area contributed by atoms with Crippen molar-refractivity contribution in [1.29, 1.82) is 0 Å². The molecule has 92 valence electrons. The fourth-order valence-corrected chi connectivity index (χ4v) is 2.76. The Morgan fingerprint density at radius 1 is 1.24 bits per heavy atom. The summed E-state index contributed by atoms with van der Waals surface area (Å²) in [4.78, 5) is 2.42. The average molecular weight is 232 g/mol. The Labute approximate surface area is 103 Å². The zero-order chi connectivity index (χ0) is 11.7. The van der Waals surface area contributed by atoms with Gasteiger partial charge in [-0.3, -0.25) is 0 Å². The lowest BCUT2D eigenvalue weighted by molar-refractivity contribution is 0.288. The Kier molecular flexibility index (Phi) is 2.93. The molecule has 1 aromatic rings. The van der Waals surface area contributed by atoms with Gasteiger partial charge >= 0.3 is 0 Å². The van der Waals surface area contributed by atoms with Gasteiger partial charge in [0.25, 0.3) is 0 Å². The second kappa shape index (κ2) is 4.57. The Morgan fingerprint density at radius 2 is 2.06 bits per heavy atom. The lowest BCUT2D eigenvalue weighted by Gasteiger charge is -2.34. The van der Waals surface area contributed by atoms with E-state index in [0.29, 0.717) is 6.04 Å². The van der Waals surface area contributed by atoms with Gasteiger partial charge in [-0.05, 0) is 37.3 Å². The molecule has 2 N–H and O–H groups in total. The Hall–Kier alpha value is -1.22. The van der Waals surface area contributed by atoms with Crippen molar-refractivity contribution in [3.8, 4) is 5.75 Å². The molecule has 1 saturated heterocycles. The Balaban J connectivity index is 1.87. The number of hydrogen-bond acceptors (Lipinski definition) is 3. The number of anilines is 1. The second-order valence-corrected chi connectivity index (χ2v) is 5.04. The lowest BCUT2D eigenvalue weighted by atomic mass is 10.0. The molecule has 0 bridgehead atoms. The van der Waals surface area contributed by atoms with E-state index in [1.54, 1.807) is 0 Å². The molecule has 3 heteroatoms. The predicted octanol–water partition coefficient (Wildman–Crippen LogP) is 1.94. The van der Waals surface area contributed by atoms with Gasteiger partial charge < -0.3 is 15.4 Å². The number of ether oxygens (including phenoxy) is 1. The molecule has 0 amide bonds. The van der Waals surface area contributed by atoms with Gasteiger partial charge in [0, 0.05) is 19.1 Å². The highest BCUT2D eigenvalue weighted by Crippen LogP contribution is 2.36. The van der Waals surface area contributed by atoms with Gasteiger partial charge in [0.1, 0.15) is 5.75 Å². The van der Waals surface area contributed by atoms with Gasteiger partial charge in [-0.2, -0.15) is 0 Å². The minimum Gasteiger partial charge on any atom is -0.491 e. The van der Waals surface area contributed by atoms with Crippen LogP contribution in [0.4, 0.5) is 5.69 Å². The van der Waals surface area contributed by atoms with E-state index in [1.807, 2.05) is 0 Å². The molecule has 1 fully saturated rings. The summed E-state index contributed by atoms with van der Waals surface area (Å²) in [6.45, 7) is 2.97. The molecule has 3 nitrogen and oxygen atoms in total. The average Bonchev–Trinajstić information content (AvgIpc) is 2.39. The smallest absolute Gasteiger partial charge is 0.145 e. The van der Waals surface area contributed by atoms with Crippen molar-refractivity contribution >= 4 is 5.69 Å². The van der Waals surface area contributed by atoms with Crippen LogP contribution in [0, 0.1) is 0 Å². The van der Waals surface area contributed by atoms with Crippen molar-refractivity contribution in [2.24, 2.45) is 5.73 Å². The van der Waals surface area contributed by atoms with E-state index in [0.717, 1.165) is 51.1 Å². The standard InChI is InChI=1S/C14H20N2O/c15-12-6-8-16(9-7-12)13-5-1-3-11-4-2-10-17-14(11)13/h1,3,5,12H,2,4,6-10,15H2. The first-order valence-corrected chi connectivity index (χ1v) is 6.60. The Bertz CT molecular complexity index is 397. The molecule has 1 aromatic carbocycles. The van der Waals surface area contributed by atoms with Gasteiger partial charge in [0.05, 0.1) is 12.3 Å². The molecule has 0 spiro atoms. The van der Waals surface area contributed by atoms with Crippen LogP contribution in [0.5, 0.6) is 5.75 Å². The Morgan fingerprint density at radius 3 is 2.88 bits per heavy atom. The summed E-state index contributed by atoms with van der Waals surface area (Å²) in [6, 6.07) is 6.90. The highest BCUT2D eigenvalue weighted by molar-refractivity contribution is 5.62. The third-order valence-corrected chi connectivity index (χ3v) is 3.79. The summed E-state index contributed by atoms with van der Waals surface area (Å²) in [5.41, 5.74) is 8.59. The molecule has 0 unspecified atom stereocenters. The number of rotatable bonds is 1. The van der Waals surface area contributed by atoms with Crippen LogP contribution in [0.15, 0.2) is 18.2 Å². The van der Waals surface area contributed by atoms with Crippen LogP contribution in [0.1, 0.15) is 24.8 Å². The van der Waals surface area contributed by atoms with E-state index >= 15 is 0 Å². The largest absolute Gasteiger partial charge is 0.491 e. The molecular weight excluding hydrogens is 212 g/mol. The zero-order valence-electron chi connectivity index (χ0n) is 10.2. The molecular formula is C14H20N2O. The fraction of sp³-hybridized carbons (Fsp3) is 0.571. The molecule has 3 rings (SSSR count). The first-order valence-electron chi connectivity index (χ1n) is 6.60. The third kappa shape index (κ3) is 2.12. The number of aryl methyl sites for hydroxylation is 1. The van der Waals surface area contributed by atoms with Crippen LogP contribution in [-0.4, -0.2) is 25.7 Å². The van der Waals surface area contributed by atoms with Crippen molar-refractivity contribution in [2.45, 2.75) is 31.7 Å². The van der Waals surface area contributed by atoms with Crippen molar-refractivity contribution < 1.29 is 4.74 Å². The van der Waals surface area contributed by atoms with Gasteiger partial charge in [-0.15, -0.1) is 0 Å².